The highest BCUT2D eigenvalue weighted by Gasteiger charge is 2.33. The lowest BCUT2D eigenvalue weighted by Gasteiger charge is -2.22. The lowest BCUT2D eigenvalue weighted by atomic mass is 10.0. The molecule has 1 aromatic carbocycles. The molecule has 0 fully saturated rings. The quantitative estimate of drug-likeness (QED) is 0.679. The average Bonchev–Trinajstić information content (AvgIpc) is 3.24. The van der Waals surface area contributed by atoms with Crippen molar-refractivity contribution in [3.05, 3.63) is 52.6 Å². The molecule has 1 aliphatic carbocycles. The van der Waals surface area contributed by atoms with E-state index in [2.05, 4.69) is 6.58 Å². The predicted octanol–water partition coefficient (Wildman–Crippen LogP) is 3.57. The normalized spacial score (nSPS) is 18.3. The van der Waals surface area contributed by atoms with Crippen LogP contribution in [0.25, 0.3) is 0 Å². The van der Waals surface area contributed by atoms with Crippen LogP contribution in [0.2, 0.25) is 0 Å². The number of hydrogen-bond donors (Lipinski definition) is 0. The van der Waals surface area contributed by atoms with Gasteiger partial charge in [0.25, 0.3) is 5.91 Å². The van der Waals surface area contributed by atoms with Crippen molar-refractivity contribution >= 4 is 38.1 Å². The Morgan fingerprint density at radius 1 is 1.38 bits per heavy atom. The van der Waals surface area contributed by atoms with Gasteiger partial charge >= 0.3 is 0 Å². The van der Waals surface area contributed by atoms with Gasteiger partial charge < -0.3 is 0 Å². The second-order valence-electron chi connectivity index (χ2n) is 7.73. The van der Waals surface area contributed by atoms with Gasteiger partial charge in [-0.15, -0.1) is 17.9 Å². The van der Waals surface area contributed by atoms with Gasteiger partial charge in [0, 0.05) is 23.0 Å². The Morgan fingerprint density at radius 3 is 2.83 bits per heavy atom. The van der Waals surface area contributed by atoms with Gasteiger partial charge in [-0.05, 0) is 62.8 Å². The number of sulfonamides is 1. The van der Waals surface area contributed by atoms with Crippen molar-refractivity contribution in [2.45, 2.75) is 45.1 Å². The number of aryl methyl sites for hydroxylation is 2. The zero-order valence-corrected chi connectivity index (χ0v) is 18.4. The fraction of sp³-hybridized carbons (Fsp3) is 0.429. The average molecular weight is 432 g/mol. The molecule has 1 aromatic heterocycles. The molecule has 0 radical (unpaired) electrons. The zero-order valence-electron chi connectivity index (χ0n) is 16.7. The Morgan fingerprint density at radius 2 is 2.14 bits per heavy atom. The highest BCUT2D eigenvalue weighted by atomic mass is 32.2. The van der Waals surface area contributed by atoms with Crippen molar-refractivity contribution in [2.24, 2.45) is 0 Å². The van der Waals surface area contributed by atoms with E-state index >= 15 is 0 Å². The molecule has 4 rings (SSSR count). The van der Waals surface area contributed by atoms with Crippen LogP contribution in [0, 0.1) is 0 Å². The molecule has 1 unspecified atom stereocenters. The SMILES string of the molecule is C=CCN(C(=O)c1ccc2c(c1)CC(C)N2S(C)(=O)=O)c1nc2c(s1)CCCC2. The Balaban J connectivity index is 1.67. The van der Waals surface area contributed by atoms with E-state index in [4.69, 9.17) is 4.98 Å². The summed E-state index contributed by atoms with van der Waals surface area (Å²) in [7, 11) is -3.35. The first-order valence-electron chi connectivity index (χ1n) is 9.83. The molecule has 0 spiro atoms. The van der Waals surface area contributed by atoms with Gasteiger partial charge in [-0.1, -0.05) is 6.08 Å². The summed E-state index contributed by atoms with van der Waals surface area (Å²) in [5, 5.41) is 0.716. The van der Waals surface area contributed by atoms with Crippen molar-refractivity contribution in [1.82, 2.24) is 4.98 Å². The molecule has 0 saturated heterocycles. The second-order valence-corrected chi connectivity index (χ2v) is 10.7. The van der Waals surface area contributed by atoms with Crippen molar-refractivity contribution in [1.29, 1.82) is 0 Å². The molecule has 1 aliphatic heterocycles. The van der Waals surface area contributed by atoms with Crippen LogP contribution < -0.4 is 9.21 Å². The third kappa shape index (κ3) is 3.71. The fourth-order valence-corrected chi connectivity index (χ4v) is 6.65. The molecule has 1 amide bonds. The van der Waals surface area contributed by atoms with Crippen LogP contribution in [0.3, 0.4) is 0 Å². The maximum atomic E-state index is 13.3. The summed E-state index contributed by atoms with van der Waals surface area (Å²) >= 11 is 1.59. The maximum Gasteiger partial charge on any atom is 0.260 e. The molecule has 1 atom stereocenters. The predicted molar refractivity (Wildman–Crippen MR) is 118 cm³/mol. The number of aromatic nitrogens is 1. The Kier molecular flexibility index (Phi) is 5.25. The van der Waals surface area contributed by atoms with E-state index in [1.54, 1.807) is 34.4 Å². The molecule has 6 nitrogen and oxygen atoms in total. The first-order chi connectivity index (χ1) is 13.8. The largest absolute Gasteiger partial charge is 0.280 e. The monoisotopic (exact) mass is 431 g/mol. The molecular formula is C21H25N3O3S2. The molecule has 2 heterocycles. The minimum absolute atomic E-state index is 0.135. The summed E-state index contributed by atoms with van der Waals surface area (Å²) in [4.78, 5) is 21.0. The van der Waals surface area contributed by atoms with Crippen LogP contribution >= 0.6 is 11.3 Å². The molecule has 0 saturated carbocycles. The zero-order chi connectivity index (χ0) is 20.8. The number of carbonyl (C=O) groups is 1. The molecule has 2 aromatic rings. The van der Waals surface area contributed by atoms with Crippen LogP contribution in [0.1, 0.15) is 46.3 Å². The number of nitrogens with zero attached hydrogens (tertiary/aromatic N) is 3. The van der Waals surface area contributed by atoms with E-state index in [-0.39, 0.29) is 11.9 Å². The number of benzene rings is 1. The maximum absolute atomic E-state index is 13.3. The van der Waals surface area contributed by atoms with E-state index in [0.717, 1.165) is 30.5 Å². The Bertz CT molecular complexity index is 1050. The van der Waals surface area contributed by atoms with E-state index in [1.165, 1.54) is 21.9 Å². The van der Waals surface area contributed by atoms with E-state index < -0.39 is 10.0 Å². The lowest BCUT2D eigenvalue weighted by molar-refractivity contribution is 0.0989. The van der Waals surface area contributed by atoms with Gasteiger partial charge in [0.1, 0.15) is 0 Å². The van der Waals surface area contributed by atoms with Crippen LogP contribution in [0.5, 0.6) is 0 Å². The Hall–Kier alpha value is -2.19. The molecule has 8 heteroatoms. The Labute approximate surface area is 175 Å². The molecular weight excluding hydrogens is 406 g/mol. The molecule has 0 N–H and O–H groups in total. The van der Waals surface area contributed by atoms with Gasteiger partial charge in [-0.2, -0.15) is 0 Å². The fourth-order valence-electron chi connectivity index (χ4n) is 4.23. The van der Waals surface area contributed by atoms with Crippen LogP contribution in [-0.2, 0) is 29.3 Å². The first kappa shape index (κ1) is 20.1. The number of rotatable bonds is 5. The van der Waals surface area contributed by atoms with Crippen molar-refractivity contribution in [3.63, 3.8) is 0 Å². The third-order valence-corrected chi connectivity index (χ3v) is 7.91. The highest BCUT2D eigenvalue weighted by Crippen LogP contribution is 2.36. The summed E-state index contributed by atoms with van der Waals surface area (Å²) in [5.74, 6) is -0.135. The smallest absolute Gasteiger partial charge is 0.260 e. The summed E-state index contributed by atoms with van der Waals surface area (Å²) < 4.78 is 25.7. The second kappa shape index (κ2) is 7.57. The summed E-state index contributed by atoms with van der Waals surface area (Å²) in [6.07, 6.45) is 7.83. The van der Waals surface area contributed by atoms with Gasteiger partial charge in [-0.3, -0.25) is 14.0 Å². The number of thiazole rings is 1. The number of fused-ring (bicyclic) bond motifs is 2. The van der Waals surface area contributed by atoms with Crippen molar-refractivity contribution in [2.75, 3.05) is 22.0 Å². The lowest BCUT2D eigenvalue weighted by Crippen LogP contribution is -2.34. The first-order valence-corrected chi connectivity index (χ1v) is 12.5. The highest BCUT2D eigenvalue weighted by molar-refractivity contribution is 7.92. The van der Waals surface area contributed by atoms with Crippen LogP contribution in [0.15, 0.2) is 30.9 Å². The van der Waals surface area contributed by atoms with Crippen molar-refractivity contribution in [3.8, 4) is 0 Å². The van der Waals surface area contributed by atoms with Gasteiger partial charge in [0.2, 0.25) is 10.0 Å². The topological polar surface area (TPSA) is 70.6 Å². The molecule has 2 aliphatic rings. The van der Waals surface area contributed by atoms with E-state index in [1.807, 2.05) is 13.0 Å². The molecule has 0 bridgehead atoms. The molecule has 29 heavy (non-hydrogen) atoms. The standard InChI is InChI=1S/C21H25N3O3S2/c1-4-11-23(21-22-17-7-5-6-8-19(17)28-21)20(25)15-9-10-18-16(13-15)12-14(2)24(18)29(3,26)27/h4,9-10,13-14H,1,5-8,11-12H2,2-3H3. The molecule has 154 valence electrons. The third-order valence-electron chi connectivity index (χ3n) is 5.46. The van der Waals surface area contributed by atoms with Gasteiger partial charge in [0.05, 0.1) is 17.6 Å². The number of carbonyl (C=O) groups excluding carboxylic acids is 1. The van der Waals surface area contributed by atoms with E-state index in [9.17, 15) is 13.2 Å². The van der Waals surface area contributed by atoms with Crippen LogP contribution in [0.4, 0.5) is 10.8 Å². The number of anilines is 2. The van der Waals surface area contributed by atoms with E-state index in [0.29, 0.717) is 29.3 Å². The van der Waals surface area contributed by atoms with Gasteiger partial charge in [0.15, 0.2) is 5.13 Å². The minimum atomic E-state index is -3.35. The number of amides is 1. The van der Waals surface area contributed by atoms with Crippen LogP contribution in [-0.4, -0.2) is 38.2 Å². The number of hydrogen-bond acceptors (Lipinski definition) is 5. The summed E-state index contributed by atoms with van der Waals surface area (Å²) in [5.41, 5.74) is 3.20. The van der Waals surface area contributed by atoms with Crippen molar-refractivity contribution < 1.29 is 13.2 Å². The van der Waals surface area contributed by atoms with Gasteiger partial charge in [-0.25, -0.2) is 13.4 Å². The minimum Gasteiger partial charge on any atom is -0.280 e. The summed E-state index contributed by atoms with van der Waals surface area (Å²) in [6, 6.07) is 5.12. The summed E-state index contributed by atoms with van der Waals surface area (Å²) in [6.45, 7) is 6.06.